The van der Waals surface area contributed by atoms with Gasteiger partial charge in [0.2, 0.25) is 5.91 Å². The van der Waals surface area contributed by atoms with E-state index in [2.05, 4.69) is 10.6 Å². The van der Waals surface area contributed by atoms with Crippen molar-refractivity contribution in [3.8, 4) is 0 Å². The van der Waals surface area contributed by atoms with Crippen molar-refractivity contribution in [3.63, 3.8) is 0 Å². The van der Waals surface area contributed by atoms with Gasteiger partial charge in [-0.1, -0.05) is 23.7 Å². The van der Waals surface area contributed by atoms with Gasteiger partial charge in [-0.2, -0.15) is 0 Å². The Bertz CT molecular complexity index is 942. The molecule has 1 aromatic rings. The Hall–Kier alpha value is -2.36. The maximum absolute atomic E-state index is 12.8. The monoisotopic (exact) mass is 523 g/mol. The molecule has 3 N–H and O–H groups in total. The molecule has 0 aromatic heterocycles. The van der Waals surface area contributed by atoms with E-state index in [-0.39, 0.29) is 36.9 Å². The maximum atomic E-state index is 12.8. The molecule has 9 nitrogen and oxygen atoms in total. The molecule has 1 aromatic carbocycles. The first-order valence-electron chi connectivity index (χ1n) is 12.4. The molecule has 1 saturated heterocycles. The molecule has 0 unspecified atom stereocenters. The number of benzene rings is 1. The van der Waals surface area contributed by atoms with Crippen LogP contribution in [-0.2, 0) is 24.5 Å². The highest BCUT2D eigenvalue weighted by Crippen LogP contribution is 2.40. The fourth-order valence-corrected chi connectivity index (χ4v) is 5.29. The van der Waals surface area contributed by atoms with Gasteiger partial charge in [0.05, 0.1) is 19.8 Å². The molecule has 2 atom stereocenters. The van der Waals surface area contributed by atoms with Crippen molar-refractivity contribution in [1.29, 1.82) is 0 Å². The third-order valence-electron chi connectivity index (χ3n) is 6.96. The highest BCUT2D eigenvalue weighted by Gasteiger charge is 2.41. The quantitative estimate of drug-likeness (QED) is 0.470. The Morgan fingerprint density at radius 2 is 1.92 bits per heavy atom. The molecule has 0 spiro atoms. The zero-order valence-corrected chi connectivity index (χ0v) is 22.3. The molecule has 3 rings (SSSR count). The molecule has 10 heteroatoms. The minimum atomic E-state index is -0.750. The second-order valence-electron chi connectivity index (χ2n) is 10.8. The summed E-state index contributed by atoms with van der Waals surface area (Å²) < 4.78 is 10.2. The Labute approximate surface area is 217 Å². The number of aliphatic hydroxyl groups is 1. The summed E-state index contributed by atoms with van der Waals surface area (Å²) in [4.78, 5) is 38.6. The number of esters is 1. The van der Waals surface area contributed by atoms with Crippen molar-refractivity contribution in [2.75, 3.05) is 26.7 Å². The zero-order chi connectivity index (χ0) is 26.5. The third kappa shape index (κ3) is 7.33. The predicted molar refractivity (Wildman–Crippen MR) is 136 cm³/mol. The first-order valence-corrected chi connectivity index (χ1v) is 12.8. The number of β-amino-alcohol motifs (C(OH)–C–C–N with tert-alkyl or cyclic N) is 1. The lowest BCUT2D eigenvalue weighted by Crippen LogP contribution is -2.50. The number of likely N-dealkylation sites (tertiary alicyclic amines) is 1. The molecule has 200 valence electrons. The highest BCUT2D eigenvalue weighted by molar-refractivity contribution is 6.30. The van der Waals surface area contributed by atoms with E-state index in [4.69, 9.17) is 21.1 Å². The summed E-state index contributed by atoms with van der Waals surface area (Å²) in [5, 5.41) is 16.9. The minimum Gasteiger partial charge on any atom is -0.467 e. The van der Waals surface area contributed by atoms with Crippen LogP contribution in [0.25, 0.3) is 0 Å². The maximum Gasteiger partial charge on any atom is 0.407 e. The van der Waals surface area contributed by atoms with Gasteiger partial charge >= 0.3 is 12.1 Å². The smallest absolute Gasteiger partial charge is 0.407 e. The van der Waals surface area contributed by atoms with Gasteiger partial charge in [0, 0.05) is 36.0 Å². The zero-order valence-electron chi connectivity index (χ0n) is 21.5. The van der Waals surface area contributed by atoms with Gasteiger partial charge in [0.1, 0.15) is 11.6 Å². The van der Waals surface area contributed by atoms with Crippen LogP contribution in [0.4, 0.5) is 4.79 Å². The number of ether oxygens (including phenoxy) is 2. The van der Waals surface area contributed by atoms with Crippen molar-refractivity contribution in [1.82, 2.24) is 15.5 Å². The van der Waals surface area contributed by atoms with E-state index in [9.17, 15) is 19.5 Å². The first-order chi connectivity index (χ1) is 16.9. The van der Waals surface area contributed by atoms with E-state index < -0.39 is 29.8 Å². The summed E-state index contributed by atoms with van der Waals surface area (Å²) in [6.07, 6.45) is 2.14. The normalized spacial score (nSPS) is 26.4. The fraction of sp³-hybridized carbons (Fsp3) is 0.654. The predicted octanol–water partition coefficient (Wildman–Crippen LogP) is 2.77. The van der Waals surface area contributed by atoms with Gasteiger partial charge < -0.3 is 30.1 Å². The number of nitrogens with one attached hydrogen (secondary N) is 2. The average molecular weight is 524 g/mol. The van der Waals surface area contributed by atoms with Gasteiger partial charge in [-0.25, -0.2) is 9.59 Å². The Morgan fingerprint density at radius 3 is 2.53 bits per heavy atom. The van der Waals surface area contributed by atoms with Gasteiger partial charge in [0.15, 0.2) is 0 Å². The standard InChI is InChI=1S/C26H38ClN3O6/c1-25(2,3)36-24(34)29-16-26(17-6-5-7-18(27)12-17)10-8-19(9-11-26)28-14-22(32)30-15-20(31)13-21(30)23(33)35-4/h5-7,12,19-21,28,31H,8-11,13-16H2,1-4H3,(H,29,34)/t19?,20-,21+,26?/m1/s1. The molecule has 0 bridgehead atoms. The lowest BCUT2D eigenvalue weighted by atomic mass is 9.68. The van der Waals surface area contributed by atoms with Crippen LogP contribution in [0.5, 0.6) is 0 Å². The molecule has 1 aliphatic heterocycles. The summed E-state index contributed by atoms with van der Waals surface area (Å²) in [6.45, 7) is 6.10. The van der Waals surface area contributed by atoms with Gasteiger partial charge in [-0.05, 0) is 64.2 Å². The average Bonchev–Trinajstić information content (AvgIpc) is 3.22. The Balaban J connectivity index is 1.61. The van der Waals surface area contributed by atoms with E-state index in [1.807, 2.05) is 45.0 Å². The molecular formula is C26H38ClN3O6. The Kier molecular flexibility index (Phi) is 9.24. The number of alkyl carbamates (subject to hydrolysis) is 1. The number of rotatable bonds is 7. The van der Waals surface area contributed by atoms with Crippen LogP contribution in [0.1, 0.15) is 58.4 Å². The molecular weight excluding hydrogens is 486 g/mol. The summed E-state index contributed by atoms with van der Waals surface area (Å²) in [7, 11) is 1.28. The summed E-state index contributed by atoms with van der Waals surface area (Å²) >= 11 is 6.29. The summed E-state index contributed by atoms with van der Waals surface area (Å²) in [6, 6.07) is 7.08. The minimum absolute atomic E-state index is 0.0746. The summed E-state index contributed by atoms with van der Waals surface area (Å²) in [5.41, 5.74) is 0.172. The van der Waals surface area contributed by atoms with Crippen LogP contribution >= 0.6 is 11.6 Å². The van der Waals surface area contributed by atoms with E-state index >= 15 is 0 Å². The number of amides is 2. The number of carbonyl (C=O) groups is 3. The third-order valence-corrected chi connectivity index (χ3v) is 7.20. The molecule has 2 amide bonds. The molecule has 2 fully saturated rings. The van der Waals surface area contributed by atoms with Crippen molar-refractivity contribution in [3.05, 3.63) is 34.9 Å². The first kappa shape index (κ1) is 28.2. The topological polar surface area (TPSA) is 117 Å². The Morgan fingerprint density at radius 1 is 1.22 bits per heavy atom. The lowest BCUT2D eigenvalue weighted by Gasteiger charge is -2.41. The van der Waals surface area contributed by atoms with Crippen LogP contribution in [0.15, 0.2) is 24.3 Å². The second kappa shape index (κ2) is 11.8. The van der Waals surface area contributed by atoms with E-state index in [1.165, 1.54) is 12.0 Å². The molecule has 0 radical (unpaired) electrons. The van der Waals surface area contributed by atoms with E-state index in [1.54, 1.807) is 0 Å². The highest BCUT2D eigenvalue weighted by atomic mass is 35.5. The van der Waals surface area contributed by atoms with Crippen LogP contribution < -0.4 is 10.6 Å². The largest absolute Gasteiger partial charge is 0.467 e. The molecule has 2 aliphatic rings. The molecule has 36 heavy (non-hydrogen) atoms. The SMILES string of the molecule is COC(=O)[C@@H]1C[C@@H](O)CN1C(=O)CNC1CCC(CNC(=O)OC(C)(C)C)(c2cccc(Cl)c2)CC1. The number of methoxy groups -OCH3 is 1. The van der Waals surface area contributed by atoms with Gasteiger partial charge in [0.25, 0.3) is 0 Å². The number of hydrogen-bond donors (Lipinski definition) is 3. The van der Waals surface area contributed by atoms with Gasteiger partial charge in [-0.15, -0.1) is 0 Å². The number of carbonyl (C=O) groups excluding carboxylic acids is 3. The number of nitrogens with zero attached hydrogens (tertiary/aromatic N) is 1. The number of aliphatic hydroxyl groups excluding tert-OH is 1. The molecule has 1 heterocycles. The lowest BCUT2D eigenvalue weighted by molar-refractivity contribution is -0.150. The number of hydrogen-bond acceptors (Lipinski definition) is 7. The van der Waals surface area contributed by atoms with Gasteiger partial charge in [-0.3, -0.25) is 4.79 Å². The van der Waals surface area contributed by atoms with Crippen molar-refractivity contribution >= 4 is 29.6 Å². The van der Waals surface area contributed by atoms with E-state index in [0.29, 0.717) is 11.6 Å². The van der Waals surface area contributed by atoms with Crippen molar-refractivity contribution < 1.29 is 29.0 Å². The van der Waals surface area contributed by atoms with Crippen LogP contribution in [-0.4, -0.2) is 78.5 Å². The summed E-state index contributed by atoms with van der Waals surface area (Å²) in [5.74, 6) is -0.749. The molecule has 1 aliphatic carbocycles. The fourth-order valence-electron chi connectivity index (χ4n) is 5.10. The van der Waals surface area contributed by atoms with E-state index in [0.717, 1.165) is 31.2 Å². The number of halogens is 1. The van der Waals surface area contributed by atoms with Crippen LogP contribution in [0.3, 0.4) is 0 Å². The van der Waals surface area contributed by atoms with Crippen LogP contribution in [0, 0.1) is 0 Å². The second-order valence-corrected chi connectivity index (χ2v) is 11.2. The molecule has 1 saturated carbocycles. The van der Waals surface area contributed by atoms with Crippen molar-refractivity contribution in [2.24, 2.45) is 0 Å². The van der Waals surface area contributed by atoms with Crippen molar-refractivity contribution in [2.45, 2.75) is 82.1 Å². The van der Waals surface area contributed by atoms with Crippen LogP contribution in [0.2, 0.25) is 5.02 Å².